The Morgan fingerprint density at radius 3 is 2.80 bits per heavy atom. The molecule has 5 nitrogen and oxygen atoms in total. The van der Waals surface area contributed by atoms with Crippen LogP contribution in [0.3, 0.4) is 0 Å². The van der Waals surface area contributed by atoms with Gasteiger partial charge in [0.2, 0.25) is 5.91 Å². The third-order valence-electron chi connectivity index (χ3n) is 3.59. The van der Waals surface area contributed by atoms with Gasteiger partial charge >= 0.3 is 0 Å². The number of anilines is 1. The summed E-state index contributed by atoms with van der Waals surface area (Å²) in [5.41, 5.74) is 6.50. The van der Waals surface area contributed by atoms with Gasteiger partial charge in [-0.25, -0.2) is 0 Å². The zero-order valence-electron chi connectivity index (χ0n) is 12.1. The summed E-state index contributed by atoms with van der Waals surface area (Å²) in [4.78, 5) is 14.4. The minimum absolute atomic E-state index is 0.000992. The number of ether oxygens (including phenoxy) is 1. The number of rotatable bonds is 4. The molecular weight excluding hydrogens is 254 g/mol. The van der Waals surface area contributed by atoms with Crippen molar-refractivity contribution >= 4 is 11.6 Å². The molecule has 0 bridgehead atoms. The van der Waals surface area contributed by atoms with Crippen LogP contribution in [-0.4, -0.2) is 48.7 Å². The number of carbonyl (C=O) groups is 1. The molecule has 1 heterocycles. The first-order valence-corrected chi connectivity index (χ1v) is 7.05. The minimum atomic E-state index is -0.199. The summed E-state index contributed by atoms with van der Waals surface area (Å²) in [5, 5.41) is 2.93. The normalized spacial score (nSPS) is 25.1. The molecule has 5 heteroatoms. The van der Waals surface area contributed by atoms with E-state index < -0.39 is 0 Å². The summed E-state index contributed by atoms with van der Waals surface area (Å²) in [5.74, 6) is 0.000992. The van der Waals surface area contributed by atoms with Crippen molar-refractivity contribution in [2.45, 2.75) is 32.1 Å². The number of carbonyl (C=O) groups excluding carboxylic acids is 1. The number of nitrogens with zero attached hydrogens (tertiary/aromatic N) is 1. The Balaban J connectivity index is 1.95. The summed E-state index contributed by atoms with van der Waals surface area (Å²) < 4.78 is 5.72. The second kappa shape index (κ2) is 6.83. The standard InChI is InChI=1S/C15H23N3O2/c1-11-9-18(10-14(8-16)20-11)12(2)15(19)17-13-6-4-3-5-7-13/h3-7,11-12,14H,8-10,16H2,1-2H3,(H,17,19). The number of morpholine rings is 1. The van der Waals surface area contributed by atoms with E-state index >= 15 is 0 Å². The maximum Gasteiger partial charge on any atom is 0.241 e. The van der Waals surface area contributed by atoms with Crippen LogP contribution in [0.5, 0.6) is 0 Å². The zero-order chi connectivity index (χ0) is 14.5. The lowest BCUT2D eigenvalue weighted by Gasteiger charge is -2.39. The van der Waals surface area contributed by atoms with Crippen molar-refractivity contribution in [3.05, 3.63) is 30.3 Å². The van der Waals surface area contributed by atoms with Gasteiger partial charge in [-0.15, -0.1) is 0 Å². The van der Waals surface area contributed by atoms with Crippen molar-refractivity contribution in [3.63, 3.8) is 0 Å². The molecule has 20 heavy (non-hydrogen) atoms. The maximum atomic E-state index is 12.3. The predicted molar refractivity (Wildman–Crippen MR) is 79.5 cm³/mol. The van der Waals surface area contributed by atoms with Gasteiger partial charge in [0.05, 0.1) is 18.2 Å². The number of nitrogens with two attached hydrogens (primary N) is 1. The molecule has 1 aliphatic rings. The average molecular weight is 277 g/mol. The van der Waals surface area contributed by atoms with Crippen LogP contribution in [-0.2, 0) is 9.53 Å². The van der Waals surface area contributed by atoms with E-state index in [1.807, 2.05) is 44.2 Å². The Bertz CT molecular complexity index is 438. The molecule has 0 radical (unpaired) electrons. The van der Waals surface area contributed by atoms with Crippen LogP contribution in [0.4, 0.5) is 5.69 Å². The van der Waals surface area contributed by atoms with Crippen LogP contribution in [0.25, 0.3) is 0 Å². The lowest BCUT2D eigenvalue weighted by atomic mass is 10.1. The molecule has 3 unspecified atom stereocenters. The molecule has 0 aromatic heterocycles. The molecule has 3 N–H and O–H groups in total. The summed E-state index contributed by atoms with van der Waals surface area (Å²) >= 11 is 0. The van der Waals surface area contributed by atoms with Crippen LogP contribution >= 0.6 is 0 Å². The van der Waals surface area contributed by atoms with E-state index in [1.165, 1.54) is 0 Å². The van der Waals surface area contributed by atoms with E-state index in [1.54, 1.807) is 0 Å². The topological polar surface area (TPSA) is 67.6 Å². The van der Waals surface area contributed by atoms with Crippen molar-refractivity contribution in [1.82, 2.24) is 4.90 Å². The van der Waals surface area contributed by atoms with Crippen molar-refractivity contribution in [2.24, 2.45) is 5.73 Å². The van der Waals surface area contributed by atoms with Gasteiger partial charge in [0.1, 0.15) is 0 Å². The van der Waals surface area contributed by atoms with Crippen LogP contribution in [0, 0.1) is 0 Å². The third kappa shape index (κ3) is 3.79. The van der Waals surface area contributed by atoms with Crippen LogP contribution in [0.15, 0.2) is 30.3 Å². The zero-order valence-corrected chi connectivity index (χ0v) is 12.1. The monoisotopic (exact) mass is 277 g/mol. The first-order chi connectivity index (χ1) is 9.60. The van der Waals surface area contributed by atoms with Crippen molar-refractivity contribution in [2.75, 3.05) is 25.0 Å². The highest BCUT2D eigenvalue weighted by Crippen LogP contribution is 2.15. The average Bonchev–Trinajstić information content (AvgIpc) is 2.46. The Kier molecular flexibility index (Phi) is 5.11. The van der Waals surface area contributed by atoms with Crippen molar-refractivity contribution in [1.29, 1.82) is 0 Å². The molecule has 110 valence electrons. The highest BCUT2D eigenvalue weighted by Gasteiger charge is 2.30. The van der Waals surface area contributed by atoms with Gasteiger partial charge < -0.3 is 15.8 Å². The molecule has 1 fully saturated rings. The lowest BCUT2D eigenvalue weighted by Crippen LogP contribution is -2.55. The van der Waals surface area contributed by atoms with Crippen LogP contribution in [0.1, 0.15) is 13.8 Å². The van der Waals surface area contributed by atoms with Crippen LogP contribution in [0.2, 0.25) is 0 Å². The molecule has 1 aromatic carbocycles. The number of nitrogens with one attached hydrogen (secondary N) is 1. The first kappa shape index (κ1) is 15.0. The molecule has 1 saturated heterocycles. The van der Waals surface area contributed by atoms with E-state index in [9.17, 15) is 4.79 Å². The van der Waals surface area contributed by atoms with Gasteiger partial charge in [-0.2, -0.15) is 0 Å². The van der Waals surface area contributed by atoms with Crippen LogP contribution < -0.4 is 11.1 Å². The molecule has 3 atom stereocenters. The largest absolute Gasteiger partial charge is 0.371 e. The highest BCUT2D eigenvalue weighted by molar-refractivity contribution is 5.94. The first-order valence-electron chi connectivity index (χ1n) is 7.05. The molecule has 1 amide bonds. The fourth-order valence-electron chi connectivity index (χ4n) is 2.46. The Morgan fingerprint density at radius 2 is 2.15 bits per heavy atom. The number of amides is 1. The molecular formula is C15H23N3O2. The lowest BCUT2D eigenvalue weighted by molar-refractivity contribution is -0.127. The number of hydrogen-bond acceptors (Lipinski definition) is 4. The number of para-hydroxylation sites is 1. The Morgan fingerprint density at radius 1 is 1.45 bits per heavy atom. The van der Waals surface area contributed by atoms with Gasteiger partial charge in [-0.3, -0.25) is 9.69 Å². The second-order valence-electron chi connectivity index (χ2n) is 5.29. The van der Waals surface area contributed by atoms with E-state index in [0.717, 1.165) is 12.2 Å². The fourth-order valence-corrected chi connectivity index (χ4v) is 2.46. The smallest absolute Gasteiger partial charge is 0.241 e. The Labute approximate surface area is 120 Å². The van der Waals surface area contributed by atoms with E-state index in [4.69, 9.17) is 10.5 Å². The van der Waals surface area contributed by atoms with Gasteiger partial charge in [0.25, 0.3) is 0 Å². The molecule has 1 aromatic rings. The second-order valence-corrected chi connectivity index (χ2v) is 5.29. The molecule has 0 aliphatic carbocycles. The quantitative estimate of drug-likeness (QED) is 0.863. The van der Waals surface area contributed by atoms with Gasteiger partial charge in [0.15, 0.2) is 0 Å². The van der Waals surface area contributed by atoms with E-state index in [2.05, 4.69) is 10.2 Å². The summed E-state index contributed by atoms with van der Waals surface area (Å²) in [6.45, 7) is 5.86. The number of hydrogen-bond donors (Lipinski definition) is 2. The van der Waals surface area contributed by atoms with Gasteiger partial charge in [-0.1, -0.05) is 18.2 Å². The summed E-state index contributed by atoms with van der Waals surface area (Å²) in [6.07, 6.45) is 0.106. The van der Waals surface area contributed by atoms with Gasteiger partial charge in [0, 0.05) is 25.3 Å². The van der Waals surface area contributed by atoms with Gasteiger partial charge in [-0.05, 0) is 26.0 Å². The SMILES string of the molecule is CC1CN(C(C)C(=O)Nc2ccccc2)CC(CN)O1. The Hall–Kier alpha value is -1.43. The maximum absolute atomic E-state index is 12.3. The molecule has 1 aliphatic heterocycles. The third-order valence-corrected chi connectivity index (χ3v) is 3.59. The van der Waals surface area contributed by atoms with E-state index in [-0.39, 0.29) is 24.2 Å². The molecule has 0 saturated carbocycles. The summed E-state index contributed by atoms with van der Waals surface area (Å²) in [7, 11) is 0. The van der Waals surface area contributed by atoms with E-state index in [0.29, 0.717) is 13.1 Å². The molecule has 0 spiro atoms. The molecule has 2 rings (SSSR count). The highest BCUT2D eigenvalue weighted by atomic mass is 16.5. The predicted octanol–water partition coefficient (Wildman–Crippen LogP) is 1.06. The van der Waals surface area contributed by atoms with Crippen molar-refractivity contribution < 1.29 is 9.53 Å². The fraction of sp³-hybridized carbons (Fsp3) is 0.533. The van der Waals surface area contributed by atoms with Crippen molar-refractivity contribution in [3.8, 4) is 0 Å². The minimum Gasteiger partial charge on any atom is -0.371 e. The summed E-state index contributed by atoms with van der Waals surface area (Å²) in [6, 6.07) is 9.30. The number of benzene rings is 1.